The summed E-state index contributed by atoms with van der Waals surface area (Å²) in [5.41, 5.74) is -0.0533. The van der Waals surface area contributed by atoms with Crippen LogP contribution >= 0.6 is 59.0 Å². The molecule has 0 bridgehead atoms. The quantitative estimate of drug-likeness (QED) is 0.583. The minimum atomic E-state index is -4.11. The fraction of sp³-hybridized carbons (Fsp3) is 0. The molecule has 2 aromatic rings. The Bertz CT molecular complexity index is 1030. The first-order chi connectivity index (χ1) is 11.6. The lowest BCUT2D eigenvalue weighted by Gasteiger charge is -2.24. The molecule has 0 spiro atoms. The number of anilines is 1. The Morgan fingerprint density at radius 2 is 1.92 bits per heavy atom. The van der Waals surface area contributed by atoms with E-state index in [1.54, 1.807) is 0 Å². The van der Waals surface area contributed by atoms with Gasteiger partial charge in [-0.05, 0) is 37.1 Å². The molecule has 1 aromatic carbocycles. The molecule has 0 fully saturated rings. The summed E-state index contributed by atoms with van der Waals surface area (Å²) in [6, 6.07) is 5.60. The van der Waals surface area contributed by atoms with E-state index in [9.17, 15) is 18.3 Å². The molecule has 2 heterocycles. The summed E-state index contributed by atoms with van der Waals surface area (Å²) < 4.78 is 25.0. The molecule has 0 saturated carbocycles. The predicted molar refractivity (Wildman–Crippen MR) is 102 cm³/mol. The van der Waals surface area contributed by atoms with Crippen LogP contribution < -0.4 is 5.32 Å². The van der Waals surface area contributed by atoms with Gasteiger partial charge in [0.25, 0.3) is 15.9 Å². The number of carbonyl (C=O) groups excluding carboxylic acids is 1. The maximum absolute atomic E-state index is 12.6. The number of carbonyl (C=O) groups is 1. The Kier molecular flexibility index (Phi) is 4.91. The SMILES string of the molecule is O=C(Nc1ccc(Cl)cc1Cl)C1=C(O)N(S)S(=O)(=O)c2cc(Cl)sc21. The molecule has 0 saturated heterocycles. The molecule has 0 aliphatic carbocycles. The standard InChI is InChI=1S/C13H7Cl3N2O4S3/c14-5-1-2-7(6(15)3-5)17-12(19)10-11-8(4-9(16)24-11)25(21,22)18(23)13(10)20/h1-4,20,23H,(H,17,19). The van der Waals surface area contributed by atoms with Crippen LogP contribution in [0.3, 0.4) is 0 Å². The second-order valence-corrected chi connectivity index (χ2v) is 9.72. The van der Waals surface area contributed by atoms with Crippen molar-refractivity contribution in [1.82, 2.24) is 3.71 Å². The van der Waals surface area contributed by atoms with Crippen LogP contribution in [0.25, 0.3) is 5.57 Å². The Hall–Kier alpha value is -1.10. The van der Waals surface area contributed by atoms with Crippen LogP contribution in [0.5, 0.6) is 0 Å². The number of fused-ring (bicyclic) bond motifs is 1. The Labute approximate surface area is 167 Å². The first kappa shape index (κ1) is 18.7. The highest BCUT2D eigenvalue weighted by molar-refractivity contribution is 8.00. The lowest BCUT2D eigenvalue weighted by Crippen LogP contribution is -2.30. The molecule has 25 heavy (non-hydrogen) atoms. The number of thiophene rings is 1. The van der Waals surface area contributed by atoms with E-state index < -0.39 is 21.8 Å². The van der Waals surface area contributed by atoms with Gasteiger partial charge in [0.15, 0.2) is 0 Å². The van der Waals surface area contributed by atoms with E-state index in [1.807, 2.05) is 0 Å². The first-order valence-electron chi connectivity index (χ1n) is 6.36. The van der Waals surface area contributed by atoms with Gasteiger partial charge in [-0.2, -0.15) is 3.71 Å². The van der Waals surface area contributed by atoms with Gasteiger partial charge in [0.05, 0.1) is 19.9 Å². The van der Waals surface area contributed by atoms with Gasteiger partial charge in [-0.15, -0.1) is 11.3 Å². The van der Waals surface area contributed by atoms with Crippen molar-refractivity contribution in [3.8, 4) is 0 Å². The van der Waals surface area contributed by atoms with E-state index in [2.05, 4.69) is 18.1 Å². The smallest absolute Gasteiger partial charge is 0.277 e. The number of aliphatic hydroxyl groups is 1. The van der Waals surface area contributed by atoms with Gasteiger partial charge < -0.3 is 10.4 Å². The fourth-order valence-electron chi connectivity index (χ4n) is 2.10. The summed E-state index contributed by atoms with van der Waals surface area (Å²) >= 11 is 22.3. The second kappa shape index (κ2) is 6.57. The molecule has 0 unspecified atom stereocenters. The molecular weight excluding hydrogens is 451 g/mol. The minimum Gasteiger partial charge on any atom is -0.493 e. The van der Waals surface area contributed by atoms with Gasteiger partial charge in [-0.25, -0.2) is 8.42 Å². The Morgan fingerprint density at radius 1 is 1.24 bits per heavy atom. The monoisotopic (exact) mass is 456 g/mol. The van der Waals surface area contributed by atoms with Gasteiger partial charge >= 0.3 is 0 Å². The summed E-state index contributed by atoms with van der Waals surface area (Å²) in [5.74, 6) is -1.62. The number of amides is 1. The van der Waals surface area contributed by atoms with Crippen LogP contribution in [0.4, 0.5) is 5.69 Å². The number of hydrogen-bond donors (Lipinski definition) is 3. The summed E-state index contributed by atoms with van der Waals surface area (Å²) in [6.45, 7) is 0. The highest BCUT2D eigenvalue weighted by Crippen LogP contribution is 2.43. The minimum absolute atomic E-state index is 0.00962. The average molecular weight is 458 g/mol. The number of hydrogen-bond acceptors (Lipinski definition) is 6. The van der Waals surface area contributed by atoms with Gasteiger partial charge in [-0.3, -0.25) is 4.79 Å². The fourth-order valence-corrected chi connectivity index (χ4v) is 5.76. The van der Waals surface area contributed by atoms with Crippen molar-refractivity contribution >= 4 is 86.1 Å². The van der Waals surface area contributed by atoms with Crippen LogP contribution in [0.2, 0.25) is 14.4 Å². The van der Waals surface area contributed by atoms with Crippen LogP contribution in [0, 0.1) is 0 Å². The number of nitrogens with one attached hydrogen (secondary N) is 1. The number of aliphatic hydroxyl groups excluding tert-OH is 1. The summed E-state index contributed by atoms with van der Waals surface area (Å²) in [4.78, 5) is 12.4. The van der Waals surface area contributed by atoms with E-state index >= 15 is 0 Å². The zero-order chi connectivity index (χ0) is 18.5. The molecule has 6 nitrogen and oxygen atoms in total. The molecule has 1 aromatic heterocycles. The summed E-state index contributed by atoms with van der Waals surface area (Å²) in [6.07, 6.45) is 0. The third kappa shape index (κ3) is 3.20. The number of rotatable bonds is 2. The molecule has 1 aliphatic heterocycles. The van der Waals surface area contributed by atoms with Crippen molar-refractivity contribution in [3.63, 3.8) is 0 Å². The molecule has 12 heteroatoms. The zero-order valence-corrected chi connectivity index (χ0v) is 16.6. The summed E-state index contributed by atoms with van der Waals surface area (Å²) in [7, 11) is -4.11. The maximum Gasteiger partial charge on any atom is 0.277 e. The molecule has 0 atom stereocenters. The zero-order valence-electron chi connectivity index (χ0n) is 11.8. The normalized spacial score (nSPS) is 15.9. The maximum atomic E-state index is 12.6. The molecule has 132 valence electrons. The van der Waals surface area contributed by atoms with Crippen LogP contribution in [-0.4, -0.2) is 23.1 Å². The lowest BCUT2D eigenvalue weighted by molar-refractivity contribution is -0.111. The van der Waals surface area contributed by atoms with Crippen LogP contribution in [0.15, 0.2) is 35.0 Å². The number of halogens is 3. The Morgan fingerprint density at radius 3 is 2.56 bits per heavy atom. The topological polar surface area (TPSA) is 86.7 Å². The van der Waals surface area contributed by atoms with Crippen LogP contribution in [0.1, 0.15) is 4.88 Å². The molecule has 1 amide bonds. The van der Waals surface area contributed by atoms with Crippen molar-refractivity contribution in [2.45, 2.75) is 4.90 Å². The van der Waals surface area contributed by atoms with Gasteiger partial charge in [0, 0.05) is 5.02 Å². The van der Waals surface area contributed by atoms with E-state index in [-0.39, 0.29) is 30.4 Å². The number of sulfonamides is 1. The predicted octanol–water partition coefficient (Wildman–Crippen LogP) is 4.42. The molecule has 0 radical (unpaired) electrons. The largest absolute Gasteiger partial charge is 0.493 e. The highest BCUT2D eigenvalue weighted by Gasteiger charge is 2.40. The van der Waals surface area contributed by atoms with Gasteiger partial charge in [0.1, 0.15) is 10.5 Å². The Balaban J connectivity index is 2.09. The van der Waals surface area contributed by atoms with Crippen molar-refractivity contribution in [2.75, 3.05) is 5.32 Å². The second-order valence-electron chi connectivity index (χ2n) is 4.77. The first-order valence-corrected chi connectivity index (χ1v) is 10.2. The molecule has 2 N–H and O–H groups in total. The van der Waals surface area contributed by atoms with E-state index in [0.717, 1.165) is 11.3 Å². The molecule has 1 aliphatic rings. The third-order valence-corrected chi connectivity index (χ3v) is 7.51. The van der Waals surface area contributed by atoms with Crippen molar-refractivity contribution < 1.29 is 18.3 Å². The average Bonchev–Trinajstić information content (AvgIpc) is 2.91. The van der Waals surface area contributed by atoms with Crippen molar-refractivity contribution in [2.24, 2.45) is 0 Å². The number of nitrogens with zero attached hydrogens (tertiary/aromatic N) is 1. The number of thiol groups is 1. The molecule has 3 rings (SSSR count). The molecular formula is C13H7Cl3N2O4S3. The van der Waals surface area contributed by atoms with Crippen LogP contribution in [-0.2, 0) is 14.8 Å². The van der Waals surface area contributed by atoms with E-state index in [1.165, 1.54) is 24.3 Å². The highest BCUT2D eigenvalue weighted by atomic mass is 35.5. The number of benzene rings is 1. The van der Waals surface area contributed by atoms with Crippen molar-refractivity contribution in [1.29, 1.82) is 0 Å². The summed E-state index contributed by atoms with van der Waals surface area (Å²) in [5, 5.41) is 13.2. The van der Waals surface area contributed by atoms with E-state index in [4.69, 9.17) is 34.8 Å². The van der Waals surface area contributed by atoms with Crippen molar-refractivity contribution in [3.05, 3.63) is 49.4 Å². The van der Waals surface area contributed by atoms with Gasteiger partial charge in [0.2, 0.25) is 5.88 Å². The van der Waals surface area contributed by atoms with E-state index in [0.29, 0.717) is 8.73 Å². The van der Waals surface area contributed by atoms with Gasteiger partial charge in [-0.1, -0.05) is 34.8 Å². The lowest BCUT2D eigenvalue weighted by atomic mass is 10.2. The third-order valence-electron chi connectivity index (χ3n) is 3.21.